The molecule has 0 aromatic heterocycles. The molecule has 2 aromatic carbocycles. The number of hydrogen-bond donors (Lipinski definition) is 0. The highest BCUT2D eigenvalue weighted by molar-refractivity contribution is 8.00. The highest BCUT2D eigenvalue weighted by atomic mass is 35.5. The van der Waals surface area contributed by atoms with Crippen molar-refractivity contribution in [3.8, 4) is 0 Å². The molecule has 0 spiro atoms. The Morgan fingerprint density at radius 1 is 0.762 bits per heavy atom. The molecule has 0 saturated carbocycles. The lowest BCUT2D eigenvalue weighted by molar-refractivity contribution is 1.17. The van der Waals surface area contributed by atoms with Crippen LogP contribution in [0.3, 0.4) is 0 Å². The second-order valence-corrected chi connectivity index (χ2v) is 6.59. The first-order valence-corrected chi connectivity index (χ1v) is 8.26. The van der Waals surface area contributed by atoms with Gasteiger partial charge in [0.25, 0.3) is 0 Å². The quantitative estimate of drug-likeness (QED) is 0.518. The normalized spacial score (nSPS) is 13.4. The second-order valence-electron chi connectivity index (χ2n) is 4.49. The Kier molecular flexibility index (Phi) is 5.98. The SMILES string of the molecule is C=C[C@@H](S[C@H](C=C)c1ccccc1Cl)c1ccccc1Cl. The molecular weight excluding hydrogens is 319 g/mol. The highest BCUT2D eigenvalue weighted by Gasteiger charge is 2.19. The molecule has 21 heavy (non-hydrogen) atoms. The summed E-state index contributed by atoms with van der Waals surface area (Å²) in [6.45, 7) is 7.87. The minimum Gasteiger partial charge on any atom is -0.137 e. The van der Waals surface area contributed by atoms with E-state index >= 15 is 0 Å². The Balaban J connectivity index is 2.29. The largest absolute Gasteiger partial charge is 0.137 e. The van der Waals surface area contributed by atoms with Gasteiger partial charge in [-0.25, -0.2) is 0 Å². The second kappa shape index (κ2) is 7.74. The number of hydrogen-bond acceptors (Lipinski definition) is 1. The van der Waals surface area contributed by atoms with Crippen LogP contribution in [0.15, 0.2) is 73.8 Å². The third-order valence-electron chi connectivity index (χ3n) is 3.14. The van der Waals surface area contributed by atoms with Crippen molar-refractivity contribution < 1.29 is 0 Å². The van der Waals surface area contributed by atoms with E-state index in [1.54, 1.807) is 11.8 Å². The summed E-state index contributed by atoms with van der Waals surface area (Å²) in [5, 5.41) is 1.66. The van der Waals surface area contributed by atoms with Crippen molar-refractivity contribution in [2.45, 2.75) is 10.5 Å². The molecule has 0 unspecified atom stereocenters. The van der Waals surface area contributed by atoms with Crippen LogP contribution in [0, 0.1) is 0 Å². The number of benzene rings is 2. The third-order valence-corrected chi connectivity index (χ3v) is 5.31. The summed E-state index contributed by atoms with van der Waals surface area (Å²) < 4.78 is 0. The maximum atomic E-state index is 6.29. The zero-order valence-corrected chi connectivity index (χ0v) is 13.8. The molecule has 0 heterocycles. The molecule has 2 atom stereocenters. The Morgan fingerprint density at radius 3 is 1.48 bits per heavy atom. The van der Waals surface area contributed by atoms with Gasteiger partial charge in [-0.1, -0.05) is 71.8 Å². The van der Waals surface area contributed by atoms with Crippen LogP contribution >= 0.6 is 35.0 Å². The van der Waals surface area contributed by atoms with E-state index in [0.717, 1.165) is 21.2 Å². The van der Waals surface area contributed by atoms with E-state index < -0.39 is 0 Å². The van der Waals surface area contributed by atoms with Crippen molar-refractivity contribution in [2.75, 3.05) is 0 Å². The van der Waals surface area contributed by atoms with Crippen LogP contribution in [0.2, 0.25) is 10.0 Å². The molecule has 2 rings (SSSR count). The Hall–Kier alpha value is -1.15. The van der Waals surface area contributed by atoms with Crippen molar-refractivity contribution >= 4 is 35.0 Å². The minimum atomic E-state index is 0.0815. The summed E-state index contributed by atoms with van der Waals surface area (Å²) >= 11 is 14.3. The van der Waals surface area contributed by atoms with Gasteiger partial charge >= 0.3 is 0 Å². The van der Waals surface area contributed by atoms with Gasteiger partial charge in [0.1, 0.15) is 0 Å². The fourth-order valence-corrected chi connectivity index (χ4v) is 3.96. The number of halogens is 2. The fourth-order valence-electron chi connectivity index (χ4n) is 2.08. The maximum Gasteiger partial charge on any atom is 0.0498 e. The average Bonchev–Trinajstić information content (AvgIpc) is 2.51. The molecule has 3 heteroatoms. The standard InChI is InChI=1S/C18H16Cl2S/c1-3-17(13-9-5-7-11-15(13)19)21-18(4-2)14-10-6-8-12-16(14)20/h3-12,17-18H,1-2H2/t17-,18-/m1/s1. The minimum absolute atomic E-state index is 0.0815. The molecule has 2 aromatic rings. The van der Waals surface area contributed by atoms with Crippen LogP contribution < -0.4 is 0 Å². The van der Waals surface area contributed by atoms with Crippen molar-refractivity contribution in [3.63, 3.8) is 0 Å². The molecule has 0 fully saturated rings. The zero-order valence-electron chi connectivity index (χ0n) is 11.5. The van der Waals surface area contributed by atoms with Crippen LogP contribution in [0.4, 0.5) is 0 Å². The lowest BCUT2D eigenvalue weighted by Crippen LogP contribution is -1.97. The first-order valence-electron chi connectivity index (χ1n) is 6.56. The molecule has 0 amide bonds. The lowest BCUT2D eigenvalue weighted by Gasteiger charge is -2.21. The molecule has 0 aliphatic rings. The van der Waals surface area contributed by atoms with Crippen molar-refractivity contribution in [3.05, 3.63) is 95.0 Å². The zero-order chi connectivity index (χ0) is 15.2. The van der Waals surface area contributed by atoms with E-state index in [-0.39, 0.29) is 10.5 Å². The van der Waals surface area contributed by atoms with Gasteiger partial charge in [0, 0.05) is 20.5 Å². The first-order chi connectivity index (χ1) is 10.2. The Bertz CT molecular complexity index is 581. The molecule has 108 valence electrons. The highest BCUT2D eigenvalue weighted by Crippen LogP contribution is 2.45. The van der Waals surface area contributed by atoms with Crippen molar-refractivity contribution in [1.29, 1.82) is 0 Å². The fraction of sp³-hybridized carbons (Fsp3) is 0.111. The summed E-state index contributed by atoms with van der Waals surface area (Å²) in [7, 11) is 0. The molecule has 0 aliphatic carbocycles. The van der Waals surface area contributed by atoms with E-state index in [4.69, 9.17) is 23.2 Å². The van der Waals surface area contributed by atoms with E-state index in [2.05, 4.69) is 13.2 Å². The van der Waals surface area contributed by atoms with Gasteiger partial charge in [0.2, 0.25) is 0 Å². The van der Waals surface area contributed by atoms with Gasteiger partial charge in [-0.3, -0.25) is 0 Å². The Morgan fingerprint density at radius 2 is 1.14 bits per heavy atom. The summed E-state index contributed by atoms with van der Waals surface area (Å²) in [6, 6.07) is 15.7. The van der Waals surface area contributed by atoms with Gasteiger partial charge in [-0.05, 0) is 23.3 Å². The topological polar surface area (TPSA) is 0 Å². The predicted molar refractivity (Wildman–Crippen MR) is 96.4 cm³/mol. The van der Waals surface area contributed by atoms with E-state index in [1.165, 1.54) is 0 Å². The number of rotatable bonds is 6. The molecule has 0 aliphatic heterocycles. The summed E-state index contributed by atoms with van der Waals surface area (Å²) in [4.78, 5) is 0. The predicted octanol–water partition coefficient (Wildman–Crippen LogP) is 6.88. The van der Waals surface area contributed by atoms with Crippen molar-refractivity contribution in [1.82, 2.24) is 0 Å². The summed E-state index contributed by atoms with van der Waals surface area (Å²) in [5.41, 5.74) is 2.11. The first kappa shape index (κ1) is 16.2. The van der Waals surface area contributed by atoms with E-state index in [9.17, 15) is 0 Å². The van der Waals surface area contributed by atoms with Crippen LogP contribution in [0.1, 0.15) is 21.6 Å². The molecule has 0 nitrogen and oxygen atoms in total. The van der Waals surface area contributed by atoms with Gasteiger partial charge < -0.3 is 0 Å². The van der Waals surface area contributed by atoms with E-state index in [0.29, 0.717) is 0 Å². The van der Waals surface area contributed by atoms with Gasteiger partial charge in [-0.15, -0.1) is 24.9 Å². The van der Waals surface area contributed by atoms with Crippen LogP contribution in [-0.4, -0.2) is 0 Å². The molecule has 0 saturated heterocycles. The maximum absolute atomic E-state index is 6.29. The summed E-state index contributed by atoms with van der Waals surface area (Å²) in [5.74, 6) is 0. The summed E-state index contributed by atoms with van der Waals surface area (Å²) in [6.07, 6.45) is 3.80. The van der Waals surface area contributed by atoms with Crippen LogP contribution in [-0.2, 0) is 0 Å². The van der Waals surface area contributed by atoms with Crippen LogP contribution in [0.25, 0.3) is 0 Å². The molecule has 0 N–H and O–H groups in total. The van der Waals surface area contributed by atoms with Crippen molar-refractivity contribution in [2.24, 2.45) is 0 Å². The Labute approximate surface area is 140 Å². The van der Waals surface area contributed by atoms with Gasteiger partial charge in [0.05, 0.1) is 0 Å². The van der Waals surface area contributed by atoms with E-state index in [1.807, 2.05) is 60.7 Å². The smallest absolute Gasteiger partial charge is 0.0498 e. The average molecular weight is 335 g/mol. The lowest BCUT2D eigenvalue weighted by atomic mass is 10.1. The molecule has 0 bridgehead atoms. The van der Waals surface area contributed by atoms with Gasteiger partial charge in [0.15, 0.2) is 0 Å². The molecule has 0 radical (unpaired) electrons. The molecular formula is C18H16Cl2S. The third kappa shape index (κ3) is 3.94. The monoisotopic (exact) mass is 334 g/mol. The van der Waals surface area contributed by atoms with Gasteiger partial charge in [-0.2, -0.15) is 0 Å². The number of thioether (sulfide) groups is 1. The van der Waals surface area contributed by atoms with Crippen LogP contribution in [0.5, 0.6) is 0 Å².